The second-order valence-electron chi connectivity index (χ2n) is 4.10. The van der Waals surface area contributed by atoms with E-state index in [0.29, 0.717) is 6.54 Å². The van der Waals surface area contributed by atoms with Crippen molar-refractivity contribution >= 4 is 33.2 Å². The lowest BCUT2D eigenvalue weighted by molar-refractivity contribution is 0.848. The summed E-state index contributed by atoms with van der Waals surface area (Å²) in [6.45, 7) is 3.24. The highest BCUT2D eigenvalue weighted by Crippen LogP contribution is 2.22. The van der Waals surface area contributed by atoms with Crippen LogP contribution in [0.1, 0.15) is 16.8 Å². The molecule has 0 bridgehead atoms. The summed E-state index contributed by atoms with van der Waals surface area (Å²) >= 11 is 5.15. The van der Waals surface area contributed by atoms with Crippen molar-refractivity contribution in [3.8, 4) is 0 Å². The van der Waals surface area contributed by atoms with Crippen LogP contribution in [0.4, 0.5) is 5.95 Å². The Morgan fingerprint density at radius 3 is 2.83 bits per heavy atom. The molecule has 18 heavy (non-hydrogen) atoms. The number of nitrogens with two attached hydrogens (primary N) is 1. The number of halogens is 1. The number of aromatic nitrogens is 2. The first-order valence-corrected chi connectivity index (χ1v) is 7.24. The normalized spacial score (nSPS) is 10.7. The van der Waals surface area contributed by atoms with Gasteiger partial charge in [-0.15, -0.1) is 11.3 Å². The van der Waals surface area contributed by atoms with Crippen molar-refractivity contribution in [1.29, 1.82) is 0 Å². The predicted octanol–water partition coefficient (Wildman–Crippen LogP) is 2.70. The predicted molar refractivity (Wildman–Crippen MR) is 78.8 cm³/mol. The molecule has 2 aromatic rings. The monoisotopic (exact) mass is 326 g/mol. The van der Waals surface area contributed by atoms with Crippen molar-refractivity contribution in [3.05, 3.63) is 38.3 Å². The molecule has 0 aliphatic heterocycles. The van der Waals surface area contributed by atoms with Crippen molar-refractivity contribution in [1.82, 2.24) is 9.97 Å². The van der Waals surface area contributed by atoms with Gasteiger partial charge in [0.25, 0.3) is 0 Å². The van der Waals surface area contributed by atoms with Crippen LogP contribution in [0.2, 0.25) is 0 Å². The molecule has 0 spiro atoms. The Balaban J connectivity index is 2.13. The first-order chi connectivity index (χ1) is 8.60. The van der Waals surface area contributed by atoms with Gasteiger partial charge >= 0.3 is 0 Å². The molecule has 0 radical (unpaired) electrons. The average molecular weight is 327 g/mol. The topological polar surface area (TPSA) is 55.0 Å². The molecule has 0 atom stereocenters. The van der Waals surface area contributed by atoms with Crippen LogP contribution in [0, 0.1) is 6.92 Å². The summed E-state index contributed by atoms with van der Waals surface area (Å²) in [4.78, 5) is 10.8. The van der Waals surface area contributed by atoms with E-state index in [9.17, 15) is 0 Å². The lowest BCUT2D eigenvalue weighted by atomic mass is 10.2. The van der Waals surface area contributed by atoms with Gasteiger partial charge in [0.15, 0.2) is 0 Å². The number of rotatable bonds is 4. The van der Waals surface area contributed by atoms with Gasteiger partial charge in [-0.3, -0.25) is 0 Å². The maximum absolute atomic E-state index is 5.61. The fraction of sp³-hybridized carbons (Fsp3) is 0.333. The second kappa shape index (κ2) is 5.77. The maximum Gasteiger partial charge on any atom is 0.225 e. The van der Waals surface area contributed by atoms with Gasteiger partial charge in [-0.2, -0.15) is 0 Å². The molecule has 0 fully saturated rings. The number of hydrogen-bond donors (Lipinski definition) is 1. The summed E-state index contributed by atoms with van der Waals surface area (Å²) in [5, 5.41) is 2.13. The molecule has 4 nitrogen and oxygen atoms in total. The minimum atomic E-state index is 0.479. The zero-order chi connectivity index (χ0) is 13.1. The molecule has 0 unspecified atom stereocenters. The first-order valence-electron chi connectivity index (χ1n) is 5.56. The van der Waals surface area contributed by atoms with Crippen LogP contribution in [-0.2, 0) is 13.1 Å². The summed E-state index contributed by atoms with van der Waals surface area (Å²) in [5.74, 6) is 0.729. The molecular formula is C12H15BrN4S. The summed E-state index contributed by atoms with van der Waals surface area (Å²) in [6, 6.07) is 2.11. The molecule has 2 N–H and O–H groups in total. The smallest absolute Gasteiger partial charge is 0.225 e. The summed E-state index contributed by atoms with van der Waals surface area (Å²) < 4.78 is 1.14. The van der Waals surface area contributed by atoms with Crippen LogP contribution < -0.4 is 10.6 Å². The molecule has 2 aromatic heterocycles. The van der Waals surface area contributed by atoms with Crippen LogP contribution in [-0.4, -0.2) is 17.0 Å². The van der Waals surface area contributed by atoms with E-state index in [-0.39, 0.29) is 0 Å². The van der Waals surface area contributed by atoms with Gasteiger partial charge in [0, 0.05) is 37.6 Å². The van der Waals surface area contributed by atoms with Crippen LogP contribution >= 0.6 is 27.3 Å². The van der Waals surface area contributed by atoms with Gasteiger partial charge in [-0.1, -0.05) is 0 Å². The molecule has 0 aliphatic carbocycles. The fourth-order valence-corrected chi connectivity index (χ4v) is 2.84. The van der Waals surface area contributed by atoms with Crippen LogP contribution in [0.3, 0.4) is 0 Å². The van der Waals surface area contributed by atoms with Crippen LogP contribution in [0.15, 0.2) is 21.4 Å². The lowest BCUT2D eigenvalue weighted by Crippen LogP contribution is -2.19. The fourth-order valence-electron chi connectivity index (χ4n) is 1.64. The zero-order valence-electron chi connectivity index (χ0n) is 10.4. The van der Waals surface area contributed by atoms with E-state index in [1.807, 2.05) is 18.9 Å². The molecule has 0 amide bonds. The van der Waals surface area contributed by atoms with Gasteiger partial charge in [0.2, 0.25) is 5.95 Å². The number of nitrogens with zero attached hydrogens (tertiary/aromatic N) is 3. The molecule has 0 saturated heterocycles. The van der Waals surface area contributed by atoms with Crippen LogP contribution in [0.25, 0.3) is 0 Å². The van der Waals surface area contributed by atoms with Crippen molar-refractivity contribution in [2.75, 3.05) is 11.9 Å². The summed E-state index contributed by atoms with van der Waals surface area (Å²) in [6.07, 6.45) is 1.80. The Kier molecular flexibility index (Phi) is 4.31. The molecule has 2 heterocycles. The highest BCUT2D eigenvalue weighted by Gasteiger charge is 2.08. The zero-order valence-corrected chi connectivity index (χ0v) is 12.8. The number of hydrogen-bond acceptors (Lipinski definition) is 5. The van der Waals surface area contributed by atoms with Gasteiger partial charge in [0.1, 0.15) is 0 Å². The highest BCUT2D eigenvalue weighted by atomic mass is 79.9. The molecule has 96 valence electrons. The molecule has 0 aromatic carbocycles. The van der Waals surface area contributed by atoms with E-state index in [1.54, 1.807) is 17.5 Å². The highest BCUT2D eigenvalue weighted by molar-refractivity contribution is 9.11. The first kappa shape index (κ1) is 13.5. The molecule has 0 saturated carbocycles. The molecule has 0 aliphatic rings. The third kappa shape index (κ3) is 3.07. The SMILES string of the molecule is Cc1nc(N(C)Cc2csc(Br)c2)ncc1CN. The molecule has 6 heteroatoms. The van der Waals surface area contributed by atoms with Gasteiger partial charge in [-0.25, -0.2) is 9.97 Å². The average Bonchev–Trinajstić information content (AvgIpc) is 2.74. The quantitative estimate of drug-likeness (QED) is 0.938. The summed E-state index contributed by atoms with van der Waals surface area (Å²) in [7, 11) is 1.99. The van der Waals surface area contributed by atoms with Crippen LogP contribution in [0.5, 0.6) is 0 Å². The Bertz CT molecular complexity index is 541. The van der Waals surface area contributed by atoms with E-state index < -0.39 is 0 Å². The van der Waals surface area contributed by atoms with Gasteiger partial charge in [0.05, 0.1) is 3.79 Å². The Morgan fingerprint density at radius 2 is 2.28 bits per heavy atom. The summed E-state index contributed by atoms with van der Waals surface area (Å²) in [5.41, 5.74) is 8.79. The Morgan fingerprint density at radius 1 is 1.50 bits per heavy atom. The maximum atomic E-state index is 5.61. The third-order valence-corrected chi connectivity index (χ3v) is 4.22. The molecule has 2 rings (SSSR count). The van der Waals surface area contributed by atoms with E-state index in [2.05, 4.69) is 37.3 Å². The van der Waals surface area contributed by atoms with Crippen molar-refractivity contribution in [2.24, 2.45) is 5.73 Å². The Labute approximate surface area is 119 Å². The van der Waals surface area contributed by atoms with Gasteiger partial charge < -0.3 is 10.6 Å². The van der Waals surface area contributed by atoms with Gasteiger partial charge in [-0.05, 0) is 39.9 Å². The van der Waals surface area contributed by atoms with E-state index in [1.165, 1.54) is 5.56 Å². The minimum absolute atomic E-state index is 0.479. The standard InChI is InChI=1S/C12H15BrN4S/c1-8-10(4-14)5-15-12(16-8)17(2)6-9-3-11(13)18-7-9/h3,5,7H,4,6,14H2,1-2H3. The van der Waals surface area contributed by atoms with Crippen molar-refractivity contribution in [3.63, 3.8) is 0 Å². The lowest BCUT2D eigenvalue weighted by Gasteiger charge is -2.17. The number of thiophene rings is 1. The molecular weight excluding hydrogens is 312 g/mol. The largest absolute Gasteiger partial charge is 0.340 e. The van der Waals surface area contributed by atoms with E-state index in [4.69, 9.17) is 5.73 Å². The number of anilines is 1. The van der Waals surface area contributed by atoms with Crippen molar-refractivity contribution < 1.29 is 0 Å². The second-order valence-corrected chi connectivity index (χ2v) is 6.39. The van der Waals surface area contributed by atoms with E-state index in [0.717, 1.165) is 27.5 Å². The Hall–Kier alpha value is -0.980. The number of aryl methyl sites for hydroxylation is 1. The van der Waals surface area contributed by atoms with Crippen molar-refractivity contribution in [2.45, 2.75) is 20.0 Å². The van der Waals surface area contributed by atoms with E-state index >= 15 is 0 Å². The third-order valence-electron chi connectivity index (χ3n) is 2.67. The minimum Gasteiger partial charge on any atom is -0.340 e.